The van der Waals surface area contributed by atoms with Gasteiger partial charge in [-0.15, -0.1) is 0 Å². The van der Waals surface area contributed by atoms with Crippen molar-refractivity contribution in [2.24, 2.45) is 0 Å². The highest BCUT2D eigenvalue weighted by Crippen LogP contribution is 2.15. The molecule has 0 unspecified atom stereocenters. The molecule has 0 heterocycles. The van der Waals surface area contributed by atoms with Crippen molar-refractivity contribution in [3.63, 3.8) is 0 Å². The number of hydrogen-bond donors (Lipinski definition) is 2. The third kappa shape index (κ3) is 6.44. The normalized spacial score (nSPS) is 10.3. The predicted octanol–water partition coefficient (Wildman–Crippen LogP) is 4.07. The van der Waals surface area contributed by atoms with Crippen LogP contribution in [0.15, 0.2) is 84.9 Å². The van der Waals surface area contributed by atoms with E-state index in [9.17, 15) is 14.0 Å². The lowest BCUT2D eigenvalue weighted by molar-refractivity contribution is -0.121. The number of carbonyl (C=O) groups excluding carboxylic acids is 2. The van der Waals surface area contributed by atoms with Crippen molar-refractivity contribution in [3.05, 3.63) is 102 Å². The van der Waals surface area contributed by atoms with Gasteiger partial charge in [0.2, 0.25) is 5.91 Å². The van der Waals surface area contributed by atoms with Gasteiger partial charge in [-0.2, -0.15) is 0 Å². The average Bonchev–Trinajstić information content (AvgIpc) is 2.78. The minimum absolute atomic E-state index is 0.134. The second-order valence-electron chi connectivity index (χ2n) is 6.81. The molecule has 0 aliphatic rings. The Morgan fingerprint density at radius 3 is 2.13 bits per heavy atom. The van der Waals surface area contributed by atoms with Gasteiger partial charge < -0.3 is 5.32 Å². The Hall–Kier alpha value is -3.67. The third-order valence-electron chi connectivity index (χ3n) is 4.48. The number of amides is 2. The molecular formula is C24H24FN3O2. The summed E-state index contributed by atoms with van der Waals surface area (Å²) in [7, 11) is 0. The zero-order valence-electron chi connectivity index (χ0n) is 16.6. The minimum Gasteiger partial charge on any atom is -0.352 e. The lowest BCUT2D eigenvalue weighted by Crippen LogP contribution is -2.42. The Balaban J connectivity index is 1.49. The molecule has 0 bridgehead atoms. The minimum atomic E-state index is -0.387. The van der Waals surface area contributed by atoms with Gasteiger partial charge in [0.05, 0.1) is 12.2 Å². The van der Waals surface area contributed by atoms with E-state index in [0.29, 0.717) is 25.1 Å². The van der Waals surface area contributed by atoms with E-state index in [1.165, 1.54) is 24.3 Å². The Morgan fingerprint density at radius 2 is 1.47 bits per heavy atom. The fourth-order valence-electron chi connectivity index (χ4n) is 2.93. The molecule has 0 saturated heterocycles. The van der Waals surface area contributed by atoms with Gasteiger partial charge in [0.25, 0.3) is 5.91 Å². The standard InChI is InChI=1S/C24H24FN3O2/c25-21-15-13-20(14-16-21)24(30)26-17-7-12-23(29)27-28(22-10-5-2-6-11-22)18-19-8-3-1-4-9-19/h1-6,8-11,13-16H,7,12,17-18H2,(H,26,30)(H,27,29). The van der Waals surface area contributed by atoms with Crippen LogP contribution in [0.2, 0.25) is 0 Å². The number of hydrazine groups is 1. The molecule has 2 amide bonds. The summed E-state index contributed by atoms with van der Waals surface area (Å²) in [6, 6.07) is 24.9. The molecule has 0 aromatic heterocycles. The Kier molecular flexibility index (Phi) is 7.55. The number of hydrogen-bond acceptors (Lipinski definition) is 3. The molecule has 154 valence electrons. The Morgan fingerprint density at radius 1 is 0.833 bits per heavy atom. The van der Waals surface area contributed by atoms with E-state index in [2.05, 4.69) is 10.7 Å². The molecule has 0 fully saturated rings. The van der Waals surface area contributed by atoms with Crippen LogP contribution < -0.4 is 15.8 Å². The van der Waals surface area contributed by atoms with Crippen LogP contribution in [0.3, 0.4) is 0 Å². The molecule has 2 N–H and O–H groups in total. The second-order valence-corrected chi connectivity index (χ2v) is 6.81. The number of carbonyl (C=O) groups is 2. The predicted molar refractivity (Wildman–Crippen MR) is 115 cm³/mol. The van der Waals surface area contributed by atoms with Crippen molar-refractivity contribution in [1.29, 1.82) is 0 Å². The lowest BCUT2D eigenvalue weighted by Gasteiger charge is -2.25. The molecule has 30 heavy (non-hydrogen) atoms. The number of benzene rings is 3. The van der Waals surface area contributed by atoms with E-state index in [0.717, 1.165) is 11.3 Å². The fraction of sp³-hybridized carbons (Fsp3) is 0.167. The van der Waals surface area contributed by atoms with E-state index in [1.54, 1.807) is 0 Å². The van der Waals surface area contributed by atoms with Crippen molar-refractivity contribution in [2.45, 2.75) is 19.4 Å². The highest BCUT2D eigenvalue weighted by Gasteiger charge is 2.11. The quantitative estimate of drug-likeness (QED) is 0.417. The Labute approximate surface area is 175 Å². The summed E-state index contributed by atoms with van der Waals surface area (Å²) in [5, 5.41) is 4.56. The summed E-state index contributed by atoms with van der Waals surface area (Å²) >= 11 is 0. The van der Waals surface area contributed by atoms with Crippen LogP contribution in [0.4, 0.5) is 10.1 Å². The smallest absolute Gasteiger partial charge is 0.251 e. The zero-order chi connectivity index (χ0) is 21.2. The van der Waals surface area contributed by atoms with Crippen molar-refractivity contribution in [1.82, 2.24) is 10.7 Å². The number of nitrogens with zero attached hydrogens (tertiary/aromatic N) is 1. The summed E-state index contributed by atoms with van der Waals surface area (Å²) in [6.45, 7) is 0.894. The van der Waals surface area contributed by atoms with Crippen molar-refractivity contribution in [3.8, 4) is 0 Å². The molecule has 0 aliphatic carbocycles. The maximum atomic E-state index is 12.9. The molecule has 3 rings (SSSR count). The summed E-state index contributed by atoms with van der Waals surface area (Å²) in [5.41, 5.74) is 5.30. The van der Waals surface area contributed by atoms with Gasteiger partial charge in [0.1, 0.15) is 5.82 Å². The van der Waals surface area contributed by atoms with E-state index in [1.807, 2.05) is 65.7 Å². The first-order valence-corrected chi connectivity index (χ1v) is 9.81. The average molecular weight is 405 g/mol. The largest absolute Gasteiger partial charge is 0.352 e. The number of nitrogens with one attached hydrogen (secondary N) is 2. The number of para-hydroxylation sites is 1. The summed E-state index contributed by atoms with van der Waals surface area (Å²) in [6.07, 6.45) is 0.758. The first-order chi connectivity index (χ1) is 14.6. The second kappa shape index (κ2) is 10.8. The Bertz CT molecular complexity index is 947. The van der Waals surface area contributed by atoms with Gasteiger partial charge in [-0.3, -0.25) is 20.0 Å². The van der Waals surface area contributed by atoms with E-state index < -0.39 is 0 Å². The van der Waals surface area contributed by atoms with Crippen molar-refractivity contribution < 1.29 is 14.0 Å². The molecule has 5 nitrogen and oxygen atoms in total. The van der Waals surface area contributed by atoms with Crippen LogP contribution >= 0.6 is 0 Å². The van der Waals surface area contributed by atoms with Gasteiger partial charge in [-0.25, -0.2) is 4.39 Å². The van der Waals surface area contributed by atoms with Gasteiger partial charge in [0.15, 0.2) is 0 Å². The van der Waals surface area contributed by atoms with Crippen LogP contribution in [0, 0.1) is 5.82 Å². The summed E-state index contributed by atoms with van der Waals surface area (Å²) in [5.74, 6) is -0.807. The molecular weight excluding hydrogens is 381 g/mol. The van der Waals surface area contributed by atoms with Crippen LogP contribution in [0.5, 0.6) is 0 Å². The molecule has 3 aromatic carbocycles. The van der Waals surface area contributed by atoms with Gasteiger partial charge >= 0.3 is 0 Å². The van der Waals surface area contributed by atoms with E-state index in [-0.39, 0.29) is 24.1 Å². The topological polar surface area (TPSA) is 61.4 Å². The lowest BCUT2D eigenvalue weighted by atomic mass is 10.2. The van der Waals surface area contributed by atoms with E-state index in [4.69, 9.17) is 0 Å². The first-order valence-electron chi connectivity index (χ1n) is 9.81. The highest BCUT2D eigenvalue weighted by atomic mass is 19.1. The molecule has 0 atom stereocenters. The number of rotatable bonds is 9. The maximum absolute atomic E-state index is 12.9. The van der Waals surface area contributed by atoms with Crippen LogP contribution in [-0.4, -0.2) is 18.4 Å². The van der Waals surface area contributed by atoms with E-state index >= 15 is 0 Å². The molecule has 6 heteroatoms. The van der Waals surface area contributed by atoms with Crippen molar-refractivity contribution in [2.75, 3.05) is 11.6 Å². The van der Waals surface area contributed by atoms with Gasteiger partial charge in [-0.05, 0) is 48.4 Å². The summed E-state index contributed by atoms with van der Waals surface area (Å²) in [4.78, 5) is 24.5. The molecule has 0 saturated carbocycles. The summed E-state index contributed by atoms with van der Waals surface area (Å²) < 4.78 is 12.9. The van der Waals surface area contributed by atoms with Gasteiger partial charge in [-0.1, -0.05) is 48.5 Å². The third-order valence-corrected chi connectivity index (χ3v) is 4.48. The van der Waals surface area contributed by atoms with Gasteiger partial charge in [0, 0.05) is 18.5 Å². The van der Waals surface area contributed by atoms with Crippen LogP contribution in [-0.2, 0) is 11.3 Å². The number of anilines is 1. The first kappa shape index (κ1) is 21.0. The maximum Gasteiger partial charge on any atom is 0.251 e. The van der Waals surface area contributed by atoms with Crippen LogP contribution in [0.25, 0.3) is 0 Å². The van der Waals surface area contributed by atoms with Crippen LogP contribution in [0.1, 0.15) is 28.8 Å². The zero-order valence-corrected chi connectivity index (χ0v) is 16.6. The number of halogens is 1. The molecule has 0 spiro atoms. The molecule has 0 radical (unpaired) electrons. The SMILES string of the molecule is O=C(CCCNC(=O)c1ccc(F)cc1)NN(Cc1ccccc1)c1ccccc1. The fourth-order valence-corrected chi connectivity index (χ4v) is 2.93. The molecule has 0 aliphatic heterocycles. The highest BCUT2D eigenvalue weighted by molar-refractivity contribution is 5.94. The molecule has 3 aromatic rings. The monoisotopic (exact) mass is 405 g/mol. The van der Waals surface area contributed by atoms with Crippen molar-refractivity contribution >= 4 is 17.5 Å².